The van der Waals surface area contributed by atoms with Crippen LogP contribution in [0.2, 0.25) is 0 Å². The Morgan fingerprint density at radius 3 is 3.00 bits per heavy atom. The van der Waals surface area contributed by atoms with Crippen molar-refractivity contribution in [2.24, 2.45) is 5.92 Å². The summed E-state index contributed by atoms with van der Waals surface area (Å²) < 4.78 is 6.01. The molecule has 0 N–H and O–H groups in total. The van der Waals surface area contributed by atoms with Crippen molar-refractivity contribution in [2.75, 3.05) is 33.3 Å². The van der Waals surface area contributed by atoms with Crippen LogP contribution in [-0.2, 0) is 17.9 Å². The van der Waals surface area contributed by atoms with Crippen LogP contribution in [-0.4, -0.2) is 58.6 Å². The fraction of sp³-hybridized carbons (Fsp3) is 0.600. The molecule has 1 atom stereocenters. The molecule has 26 heavy (non-hydrogen) atoms. The number of thiazole rings is 1. The lowest BCUT2D eigenvalue weighted by Crippen LogP contribution is -2.71. The highest BCUT2D eigenvalue weighted by Crippen LogP contribution is 2.39. The number of rotatable bonds is 6. The molecule has 0 aromatic carbocycles. The molecule has 4 rings (SSSR count). The molecule has 0 unspecified atom stereocenters. The number of aromatic nitrogens is 2. The largest absolute Gasteiger partial charge is 0.376 e. The van der Waals surface area contributed by atoms with Gasteiger partial charge in [0.15, 0.2) is 0 Å². The smallest absolute Gasteiger partial charge is 0.0798 e. The molecule has 0 aliphatic carbocycles. The Kier molecular flexibility index (Phi) is 5.36. The van der Waals surface area contributed by atoms with Crippen molar-refractivity contribution < 1.29 is 4.74 Å². The summed E-state index contributed by atoms with van der Waals surface area (Å²) in [5.41, 5.74) is 4.65. The number of pyridine rings is 1. The number of hydrogen-bond acceptors (Lipinski definition) is 6. The van der Waals surface area contributed by atoms with Gasteiger partial charge in [-0.25, -0.2) is 4.98 Å². The van der Waals surface area contributed by atoms with E-state index in [4.69, 9.17) is 4.74 Å². The van der Waals surface area contributed by atoms with Crippen LogP contribution in [0.15, 0.2) is 30.0 Å². The SMILES string of the molecule is Cc1ncsc1CN1CC2(C[C@@H](COCc3cccnc3)CCN2C)C1. The molecule has 2 aromatic rings. The summed E-state index contributed by atoms with van der Waals surface area (Å²) in [5.74, 6) is 0.662. The zero-order valence-electron chi connectivity index (χ0n) is 15.7. The lowest BCUT2D eigenvalue weighted by atomic mass is 9.75. The third kappa shape index (κ3) is 3.83. The van der Waals surface area contributed by atoms with E-state index in [1.54, 1.807) is 17.5 Å². The van der Waals surface area contributed by atoms with Gasteiger partial charge in [-0.1, -0.05) is 6.07 Å². The van der Waals surface area contributed by atoms with E-state index in [1.165, 1.54) is 43.0 Å². The first-order chi connectivity index (χ1) is 12.6. The minimum atomic E-state index is 0.346. The number of likely N-dealkylation sites (N-methyl/N-ethyl adjacent to an activating group) is 1. The van der Waals surface area contributed by atoms with E-state index >= 15 is 0 Å². The molecule has 6 heteroatoms. The summed E-state index contributed by atoms with van der Waals surface area (Å²) in [5, 5.41) is 0. The van der Waals surface area contributed by atoms with Gasteiger partial charge in [-0.2, -0.15) is 0 Å². The summed E-state index contributed by atoms with van der Waals surface area (Å²) in [6, 6.07) is 4.05. The Labute approximate surface area is 160 Å². The molecule has 140 valence electrons. The van der Waals surface area contributed by atoms with Crippen LogP contribution in [0, 0.1) is 12.8 Å². The molecule has 4 heterocycles. The van der Waals surface area contributed by atoms with Crippen LogP contribution in [0.5, 0.6) is 0 Å². The molecule has 0 radical (unpaired) electrons. The minimum Gasteiger partial charge on any atom is -0.376 e. The normalized spacial score (nSPS) is 23.2. The number of piperidine rings is 1. The summed E-state index contributed by atoms with van der Waals surface area (Å²) in [6.45, 7) is 8.20. The minimum absolute atomic E-state index is 0.346. The van der Waals surface area contributed by atoms with E-state index in [0.29, 0.717) is 18.1 Å². The molecule has 0 saturated carbocycles. The highest BCUT2D eigenvalue weighted by atomic mass is 32.1. The van der Waals surface area contributed by atoms with Gasteiger partial charge in [0.2, 0.25) is 0 Å². The van der Waals surface area contributed by atoms with Crippen molar-refractivity contribution in [3.63, 3.8) is 0 Å². The van der Waals surface area contributed by atoms with E-state index in [1.807, 2.05) is 17.8 Å². The highest BCUT2D eigenvalue weighted by Gasteiger charge is 2.49. The Morgan fingerprint density at radius 2 is 2.27 bits per heavy atom. The quantitative estimate of drug-likeness (QED) is 0.780. The second-order valence-electron chi connectivity index (χ2n) is 7.89. The average Bonchev–Trinajstić information content (AvgIpc) is 3.02. The van der Waals surface area contributed by atoms with Crippen LogP contribution in [0.3, 0.4) is 0 Å². The first-order valence-corrected chi connectivity index (χ1v) is 10.3. The van der Waals surface area contributed by atoms with Crippen LogP contribution in [0.1, 0.15) is 29.0 Å². The molecule has 2 aliphatic rings. The van der Waals surface area contributed by atoms with Crippen molar-refractivity contribution in [2.45, 2.75) is 38.5 Å². The Balaban J connectivity index is 1.27. The molecule has 2 aromatic heterocycles. The lowest BCUT2D eigenvalue weighted by Gasteiger charge is -2.58. The van der Waals surface area contributed by atoms with Gasteiger partial charge < -0.3 is 4.74 Å². The summed E-state index contributed by atoms with van der Waals surface area (Å²) in [6.07, 6.45) is 6.18. The van der Waals surface area contributed by atoms with Crippen molar-refractivity contribution in [1.82, 2.24) is 19.8 Å². The Hall–Kier alpha value is -1.34. The maximum absolute atomic E-state index is 6.01. The van der Waals surface area contributed by atoms with Gasteiger partial charge in [-0.15, -0.1) is 11.3 Å². The predicted molar refractivity (Wildman–Crippen MR) is 104 cm³/mol. The van der Waals surface area contributed by atoms with Gasteiger partial charge in [0.1, 0.15) is 0 Å². The van der Waals surface area contributed by atoms with E-state index in [9.17, 15) is 0 Å². The zero-order valence-corrected chi connectivity index (χ0v) is 16.5. The van der Waals surface area contributed by atoms with E-state index in [-0.39, 0.29) is 0 Å². The Morgan fingerprint density at radius 1 is 1.38 bits per heavy atom. The van der Waals surface area contributed by atoms with Gasteiger partial charge in [-0.05, 0) is 50.9 Å². The molecule has 2 fully saturated rings. The summed E-state index contributed by atoms with van der Waals surface area (Å²) in [7, 11) is 2.29. The van der Waals surface area contributed by atoms with Crippen LogP contribution >= 0.6 is 11.3 Å². The molecule has 0 amide bonds. The summed E-state index contributed by atoms with van der Waals surface area (Å²) in [4.78, 5) is 15.1. The molecule has 2 aliphatic heterocycles. The van der Waals surface area contributed by atoms with Gasteiger partial charge >= 0.3 is 0 Å². The molecular formula is C20H28N4OS. The fourth-order valence-electron chi connectivity index (χ4n) is 4.33. The van der Waals surface area contributed by atoms with Gasteiger partial charge in [0, 0.05) is 49.1 Å². The molecular weight excluding hydrogens is 344 g/mol. The number of hydrogen-bond donors (Lipinski definition) is 0. The van der Waals surface area contributed by atoms with Crippen molar-refractivity contribution in [3.05, 3.63) is 46.2 Å². The number of nitrogens with zero attached hydrogens (tertiary/aromatic N) is 4. The first-order valence-electron chi connectivity index (χ1n) is 9.44. The summed E-state index contributed by atoms with van der Waals surface area (Å²) >= 11 is 1.78. The standard InChI is InChI=1S/C20H28N4OS/c1-16-19(26-15-22-16)10-24-13-20(14-24)8-17(5-7-23(20)2)11-25-12-18-4-3-6-21-9-18/h3-4,6,9,15,17H,5,7-8,10-14H2,1-2H3/t17-/m0/s1. The molecule has 0 bridgehead atoms. The van der Waals surface area contributed by atoms with Crippen LogP contribution in [0.25, 0.3) is 0 Å². The fourth-order valence-corrected chi connectivity index (χ4v) is 5.15. The highest BCUT2D eigenvalue weighted by molar-refractivity contribution is 7.09. The average molecular weight is 373 g/mol. The Bertz CT molecular complexity index is 714. The number of aryl methyl sites for hydroxylation is 1. The monoisotopic (exact) mass is 372 g/mol. The second-order valence-corrected chi connectivity index (χ2v) is 8.83. The van der Waals surface area contributed by atoms with Gasteiger partial charge in [0.05, 0.1) is 17.8 Å². The second kappa shape index (κ2) is 7.72. The van der Waals surface area contributed by atoms with Crippen molar-refractivity contribution in [1.29, 1.82) is 0 Å². The number of ether oxygens (including phenoxy) is 1. The zero-order chi connectivity index (χ0) is 18.0. The van der Waals surface area contributed by atoms with Gasteiger partial charge in [0.25, 0.3) is 0 Å². The van der Waals surface area contributed by atoms with Crippen molar-refractivity contribution >= 4 is 11.3 Å². The molecule has 1 spiro atoms. The third-order valence-corrected chi connectivity index (χ3v) is 6.86. The van der Waals surface area contributed by atoms with E-state index in [0.717, 1.165) is 18.7 Å². The topological polar surface area (TPSA) is 41.5 Å². The van der Waals surface area contributed by atoms with Gasteiger partial charge in [-0.3, -0.25) is 14.8 Å². The predicted octanol–water partition coefficient (Wildman–Crippen LogP) is 2.96. The van der Waals surface area contributed by atoms with Crippen molar-refractivity contribution in [3.8, 4) is 0 Å². The lowest BCUT2D eigenvalue weighted by molar-refractivity contribution is -0.0933. The first kappa shape index (κ1) is 18.0. The van der Waals surface area contributed by atoms with E-state index in [2.05, 4.69) is 39.8 Å². The third-order valence-electron chi connectivity index (χ3n) is 5.94. The maximum Gasteiger partial charge on any atom is 0.0798 e. The van der Waals surface area contributed by atoms with Crippen LogP contribution in [0.4, 0.5) is 0 Å². The van der Waals surface area contributed by atoms with Crippen LogP contribution < -0.4 is 0 Å². The van der Waals surface area contributed by atoms with E-state index < -0.39 is 0 Å². The molecule has 2 saturated heterocycles. The maximum atomic E-state index is 6.01. The number of likely N-dealkylation sites (tertiary alicyclic amines) is 2. The molecule has 5 nitrogen and oxygen atoms in total.